The summed E-state index contributed by atoms with van der Waals surface area (Å²) in [6.45, 7) is 0.438. The minimum Gasteiger partial charge on any atom is -0.481 e. The smallest absolute Gasteiger partial charge is 0.312 e. The van der Waals surface area contributed by atoms with Crippen molar-refractivity contribution in [3.63, 3.8) is 0 Å². The van der Waals surface area contributed by atoms with E-state index >= 15 is 0 Å². The number of rotatable bonds is 5. The molecule has 94 valence electrons. The molecule has 5 nitrogen and oxygen atoms in total. The number of carboxylic acids is 1. The topological polar surface area (TPSA) is 82.2 Å². The molecule has 0 unspecified atom stereocenters. The first-order valence-electron chi connectivity index (χ1n) is 5.70. The summed E-state index contributed by atoms with van der Waals surface area (Å²) in [7, 11) is 0. The average Bonchev–Trinajstić information content (AvgIpc) is 2.72. The van der Waals surface area contributed by atoms with Gasteiger partial charge in [-0.15, -0.1) is 0 Å². The third-order valence-corrected chi connectivity index (χ3v) is 2.70. The molecule has 1 heterocycles. The number of H-pyrrole nitrogens is 1. The Balaban J connectivity index is 1.91. The Labute approximate surface area is 104 Å². The fraction of sp³-hybridized carbons (Fsp3) is 0.231. The number of carbonyl (C=O) groups is 2. The standard InChI is InChI=1S/C13H14N2O3/c16-12(7-13(17)18)14-6-5-9-8-15-11-4-2-1-3-10(9)11/h1-4,8,15H,5-7H2,(H,14,16)(H,17,18). The lowest BCUT2D eigenvalue weighted by molar-refractivity contribution is -0.140. The van der Waals surface area contributed by atoms with E-state index in [0.29, 0.717) is 13.0 Å². The molecule has 2 rings (SSSR count). The van der Waals surface area contributed by atoms with Gasteiger partial charge in [-0.2, -0.15) is 0 Å². The number of benzene rings is 1. The van der Waals surface area contributed by atoms with Gasteiger partial charge in [0.1, 0.15) is 6.42 Å². The predicted octanol–water partition coefficient (Wildman–Crippen LogP) is 1.30. The largest absolute Gasteiger partial charge is 0.481 e. The van der Waals surface area contributed by atoms with E-state index in [9.17, 15) is 9.59 Å². The van der Waals surface area contributed by atoms with Crippen LogP contribution in [-0.2, 0) is 16.0 Å². The van der Waals surface area contributed by atoms with Crippen LogP contribution >= 0.6 is 0 Å². The fourth-order valence-electron chi connectivity index (χ4n) is 1.87. The summed E-state index contributed by atoms with van der Waals surface area (Å²) in [5.74, 6) is -1.57. The zero-order valence-electron chi connectivity index (χ0n) is 9.77. The number of aromatic nitrogens is 1. The van der Waals surface area contributed by atoms with Crippen molar-refractivity contribution in [1.82, 2.24) is 10.3 Å². The highest BCUT2D eigenvalue weighted by Crippen LogP contribution is 2.17. The number of nitrogens with one attached hydrogen (secondary N) is 2. The molecule has 1 aromatic heterocycles. The number of carbonyl (C=O) groups excluding carboxylic acids is 1. The lowest BCUT2D eigenvalue weighted by Gasteiger charge is -2.02. The molecule has 0 radical (unpaired) electrons. The van der Waals surface area contributed by atoms with Gasteiger partial charge in [0.15, 0.2) is 0 Å². The maximum Gasteiger partial charge on any atom is 0.312 e. The van der Waals surface area contributed by atoms with Gasteiger partial charge >= 0.3 is 5.97 Å². The number of fused-ring (bicyclic) bond motifs is 1. The summed E-state index contributed by atoms with van der Waals surface area (Å²) in [4.78, 5) is 24.6. The van der Waals surface area contributed by atoms with Crippen LogP contribution < -0.4 is 5.32 Å². The van der Waals surface area contributed by atoms with Crippen molar-refractivity contribution in [2.75, 3.05) is 6.54 Å². The molecule has 18 heavy (non-hydrogen) atoms. The van der Waals surface area contributed by atoms with Crippen LogP contribution in [0.4, 0.5) is 0 Å². The molecule has 2 aromatic rings. The number of aromatic amines is 1. The van der Waals surface area contributed by atoms with Crippen molar-refractivity contribution in [3.05, 3.63) is 36.0 Å². The Morgan fingerprint density at radius 1 is 1.28 bits per heavy atom. The second-order valence-electron chi connectivity index (χ2n) is 4.03. The van der Waals surface area contributed by atoms with Crippen LogP contribution in [-0.4, -0.2) is 28.5 Å². The number of hydrogen-bond donors (Lipinski definition) is 3. The van der Waals surface area contributed by atoms with E-state index in [1.165, 1.54) is 0 Å². The van der Waals surface area contributed by atoms with E-state index in [-0.39, 0.29) is 0 Å². The van der Waals surface area contributed by atoms with E-state index in [4.69, 9.17) is 5.11 Å². The zero-order valence-corrected chi connectivity index (χ0v) is 9.77. The molecule has 0 saturated carbocycles. The van der Waals surface area contributed by atoms with E-state index in [1.54, 1.807) is 0 Å². The molecule has 0 atom stereocenters. The Kier molecular flexibility index (Phi) is 3.62. The van der Waals surface area contributed by atoms with Gasteiger partial charge in [0.05, 0.1) is 0 Å². The van der Waals surface area contributed by atoms with Crippen molar-refractivity contribution >= 4 is 22.8 Å². The number of carboxylic acid groups (broad SMARTS) is 1. The highest BCUT2D eigenvalue weighted by Gasteiger charge is 2.07. The first-order valence-corrected chi connectivity index (χ1v) is 5.70. The molecule has 0 aliphatic heterocycles. The number of amides is 1. The molecule has 5 heteroatoms. The Bertz CT molecular complexity index is 574. The minimum atomic E-state index is -1.11. The summed E-state index contributed by atoms with van der Waals surface area (Å²) in [6, 6.07) is 7.92. The van der Waals surface area contributed by atoms with Crippen LogP contribution in [0.25, 0.3) is 10.9 Å². The van der Waals surface area contributed by atoms with E-state index in [1.807, 2.05) is 30.5 Å². The first-order chi connectivity index (χ1) is 8.66. The highest BCUT2D eigenvalue weighted by molar-refractivity contribution is 5.93. The molecule has 1 amide bonds. The summed E-state index contributed by atoms with van der Waals surface area (Å²) in [5.41, 5.74) is 2.17. The summed E-state index contributed by atoms with van der Waals surface area (Å²) in [5, 5.41) is 12.2. The highest BCUT2D eigenvalue weighted by atomic mass is 16.4. The number of para-hydroxylation sites is 1. The fourth-order valence-corrected chi connectivity index (χ4v) is 1.87. The van der Waals surface area contributed by atoms with Crippen LogP contribution in [0.5, 0.6) is 0 Å². The van der Waals surface area contributed by atoms with Gasteiger partial charge in [-0.05, 0) is 18.1 Å². The predicted molar refractivity (Wildman–Crippen MR) is 67.3 cm³/mol. The van der Waals surface area contributed by atoms with Gasteiger partial charge in [-0.25, -0.2) is 0 Å². The molecule has 0 bridgehead atoms. The van der Waals surface area contributed by atoms with Crippen LogP contribution in [0.1, 0.15) is 12.0 Å². The van der Waals surface area contributed by atoms with Crippen LogP contribution in [0, 0.1) is 0 Å². The van der Waals surface area contributed by atoms with Crippen LogP contribution in [0.2, 0.25) is 0 Å². The van der Waals surface area contributed by atoms with Crippen molar-refractivity contribution < 1.29 is 14.7 Å². The Morgan fingerprint density at radius 3 is 2.83 bits per heavy atom. The maximum absolute atomic E-state index is 11.1. The van der Waals surface area contributed by atoms with E-state index in [0.717, 1.165) is 16.5 Å². The molecule has 0 aliphatic carbocycles. The van der Waals surface area contributed by atoms with Gasteiger partial charge in [0.25, 0.3) is 0 Å². The van der Waals surface area contributed by atoms with Gasteiger partial charge < -0.3 is 15.4 Å². The minimum absolute atomic E-state index is 0.438. The number of aliphatic carboxylic acids is 1. The number of hydrogen-bond acceptors (Lipinski definition) is 2. The lowest BCUT2D eigenvalue weighted by atomic mass is 10.1. The van der Waals surface area contributed by atoms with Crippen molar-refractivity contribution in [2.24, 2.45) is 0 Å². The van der Waals surface area contributed by atoms with Crippen molar-refractivity contribution in [1.29, 1.82) is 0 Å². The summed E-state index contributed by atoms with van der Waals surface area (Å²) < 4.78 is 0. The van der Waals surface area contributed by atoms with Gasteiger partial charge in [0, 0.05) is 23.6 Å². The monoisotopic (exact) mass is 246 g/mol. The molecular formula is C13H14N2O3. The SMILES string of the molecule is O=C(O)CC(=O)NCCc1c[nH]c2ccccc12. The third kappa shape index (κ3) is 2.88. The van der Waals surface area contributed by atoms with Crippen LogP contribution in [0.15, 0.2) is 30.5 Å². The summed E-state index contributed by atoms with van der Waals surface area (Å²) >= 11 is 0. The van der Waals surface area contributed by atoms with Crippen LogP contribution in [0.3, 0.4) is 0 Å². The molecular weight excluding hydrogens is 232 g/mol. The zero-order chi connectivity index (χ0) is 13.0. The third-order valence-electron chi connectivity index (χ3n) is 2.70. The van der Waals surface area contributed by atoms with Gasteiger partial charge in [-0.3, -0.25) is 9.59 Å². The molecule has 3 N–H and O–H groups in total. The van der Waals surface area contributed by atoms with Gasteiger partial charge in [-0.1, -0.05) is 18.2 Å². The molecule has 0 saturated heterocycles. The Morgan fingerprint density at radius 2 is 2.06 bits per heavy atom. The second-order valence-corrected chi connectivity index (χ2v) is 4.03. The summed E-state index contributed by atoms with van der Waals surface area (Å²) in [6.07, 6.45) is 2.11. The first kappa shape index (κ1) is 12.2. The quantitative estimate of drug-likeness (QED) is 0.695. The van der Waals surface area contributed by atoms with Gasteiger partial charge in [0.2, 0.25) is 5.91 Å². The average molecular weight is 246 g/mol. The van der Waals surface area contributed by atoms with Crippen molar-refractivity contribution in [3.8, 4) is 0 Å². The molecule has 0 aliphatic rings. The molecule has 1 aromatic carbocycles. The Hall–Kier alpha value is -2.30. The normalized spacial score (nSPS) is 10.4. The second kappa shape index (κ2) is 5.35. The molecule has 0 spiro atoms. The maximum atomic E-state index is 11.1. The molecule has 0 fully saturated rings. The lowest BCUT2D eigenvalue weighted by Crippen LogP contribution is -2.27. The van der Waals surface area contributed by atoms with E-state index < -0.39 is 18.3 Å². The van der Waals surface area contributed by atoms with E-state index in [2.05, 4.69) is 10.3 Å². The van der Waals surface area contributed by atoms with Crippen molar-refractivity contribution in [2.45, 2.75) is 12.8 Å².